The molecule has 0 saturated carbocycles. The zero-order chi connectivity index (χ0) is 17.6. The number of amides is 4. The molecule has 1 fully saturated rings. The molecule has 1 saturated heterocycles. The molecular formula is C19H19N3O3. The summed E-state index contributed by atoms with van der Waals surface area (Å²) in [6.45, 7) is 0.0604. The summed E-state index contributed by atoms with van der Waals surface area (Å²) in [6, 6.07) is 17.6. The number of carbonyl (C=O) groups excluding carboxylic acids is 3. The molecule has 0 aromatic heterocycles. The minimum absolute atomic E-state index is 0.0596. The van der Waals surface area contributed by atoms with E-state index in [-0.39, 0.29) is 37.2 Å². The van der Waals surface area contributed by atoms with E-state index in [4.69, 9.17) is 0 Å². The van der Waals surface area contributed by atoms with E-state index in [1.54, 1.807) is 12.1 Å². The van der Waals surface area contributed by atoms with E-state index in [1.165, 1.54) is 0 Å². The highest BCUT2D eigenvalue weighted by Gasteiger charge is 2.32. The number of hydrogen-bond acceptors (Lipinski definition) is 3. The zero-order valence-corrected chi connectivity index (χ0v) is 13.6. The molecule has 0 bridgehead atoms. The summed E-state index contributed by atoms with van der Waals surface area (Å²) in [7, 11) is 0. The Morgan fingerprint density at radius 2 is 1.68 bits per heavy atom. The normalized spacial score (nSPS) is 17.1. The van der Waals surface area contributed by atoms with Crippen molar-refractivity contribution in [2.45, 2.75) is 18.9 Å². The van der Waals surface area contributed by atoms with Crippen LogP contribution in [0.2, 0.25) is 0 Å². The van der Waals surface area contributed by atoms with Crippen molar-refractivity contribution in [3.8, 4) is 0 Å². The van der Waals surface area contributed by atoms with Crippen molar-refractivity contribution in [2.24, 2.45) is 0 Å². The fourth-order valence-corrected chi connectivity index (χ4v) is 2.75. The topological polar surface area (TPSA) is 78.5 Å². The number of hydrogen-bond donors (Lipinski definition) is 2. The minimum atomic E-state index is -0.461. The average molecular weight is 337 g/mol. The quantitative estimate of drug-likeness (QED) is 0.880. The fraction of sp³-hybridized carbons (Fsp3) is 0.211. The number of rotatable bonds is 5. The van der Waals surface area contributed by atoms with Crippen molar-refractivity contribution < 1.29 is 14.4 Å². The van der Waals surface area contributed by atoms with Crippen LogP contribution in [0.15, 0.2) is 60.7 Å². The molecule has 25 heavy (non-hydrogen) atoms. The van der Waals surface area contributed by atoms with Gasteiger partial charge in [-0.15, -0.1) is 0 Å². The highest BCUT2D eigenvalue weighted by Crippen LogP contribution is 2.22. The van der Waals surface area contributed by atoms with Crippen LogP contribution >= 0.6 is 0 Å². The third-order valence-electron chi connectivity index (χ3n) is 4.04. The number of imide groups is 1. The zero-order valence-electron chi connectivity index (χ0n) is 13.6. The summed E-state index contributed by atoms with van der Waals surface area (Å²) in [4.78, 5) is 37.6. The van der Waals surface area contributed by atoms with E-state index in [1.807, 2.05) is 48.5 Å². The van der Waals surface area contributed by atoms with Gasteiger partial charge in [-0.3, -0.25) is 14.5 Å². The Morgan fingerprint density at radius 1 is 1.04 bits per heavy atom. The molecule has 1 unspecified atom stereocenters. The smallest absolute Gasteiger partial charge is 0.324 e. The van der Waals surface area contributed by atoms with Crippen molar-refractivity contribution in [1.82, 2.24) is 10.2 Å². The lowest BCUT2D eigenvalue weighted by Gasteiger charge is -2.31. The van der Waals surface area contributed by atoms with E-state index in [0.717, 1.165) is 10.5 Å². The van der Waals surface area contributed by atoms with Crippen LogP contribution in [0.25, 0.3) is 0 Å². The highest BCUT2D eigenvalue weighted by molar-refractivity contribution is 5.98. The van der Waals surface area contributed by atoms with Crippen molar-refractivity contribution in [3.05, 3.63) is 66.2 Å². The van der Waals surface area contributed by atoms with Gasteiger partial charge in [0, 0.05) is 18.7 Å². The maximum Gasteiger partial charge on any atom is 0.324 e. The molecule has 0 aliphatic carbocycles. The van der Waals surface area contributed by atoms with Crippen LogP contribution in [0.5, 0.6) is 0 Å². The van der Waals surface area contributed by atoms with E-state index in [2.05, 4.69) is 10.6 Å². The van der Waals surface area contributed by atoms with Gasteiger partial charge in [-0.05, 0) is 17.7 Å². The van der Waals surface area contributed by atoms with Crippen LogP contribution in [0.4, 0.5) is 10.5 Å². The minimum Gasteiger partial charge on any atom is -0.330 e. The third kappa shape index (κ3) is 4.23. The molecule has 4 amide bonds. The predicted octanol–water partition coefficient (Wildman–Crippen LogP) is 2.70. The Balaban J connectivity index is 1.54. The Labute approximate surface area is 145 Å². The van der Waals surface area contributed by atoms with Crippen LogP contribution in [0, 0.1) is 0 Å². The molecule has 1 atom stereocenters. The van der Waals surface area contributed by atoms with Crippen LogP contribution in [0.3, 0.4) is 0 Å². The van der Waals surface area contributed by atoms with Crippen molar-refractivity contribution >= 4 is 23.5 Å². The van der Waals surface area contributed by atoms with Gasteiger partial charge in [0.2, 0.25) is 11.8 Å². The van der Waals surface area contributed by atoms with E-state index in [9.17, 15) is 14.4 Å². The molecule has 2 N–H and O–H groups in total. The molecule has 128 valence electrons. The Morgan fingerprint density at radius 3 is 2.32 bits per heavy atom. The number of anilines is 1. The molecule has 1 heterocycles. The van der Waals surface area contributed by atoms with Gasteiger partial charge < -0.3 is 10.6 Å². The molecule has 6 nitrogen and oxygen atoms in total. The van der Waals surface area contributed by atoms with Crippen molar-refractivity contribution in [1.29, 1.82) is 0 Å². The molecule has 2 aromatic carbocycles. The number of nitrogens with zero attached hydrogens (tertiary/aromatic N) is 1. The van der Waals surface area contributed by atoms with Crippen LogP contribution < -0.4 is 10.6 Å². The lowest BCUT2D eigenvalue weighted by molar-refractivity contribution is -0.130. The first-order valence-electron chi connectivity index (χ1n) is 8.14. The molecule has 1 aliphatic heterocycles. The van der Waals surface area contributed by atoms with Gasteiger partial charge in [-0.1, -0.05) is 48.5 Å². The second-order valence-corrected chi connectivity index (χ2v) is 5.83. The first-order chi connectivity index (χ1) is 12.1. The average Bonchev–Trinajstić information content (AvgIpc) is 2.62. The number of para-hydroxylation sites is 1. The first-order valence-corrected chi connectivity index (χ1v) is 8.14. The van der Waals surface area contributed by atoms with E-state index >= 15 is 0 Å². The maximum atomic E-state index is 12.3. The summed E-state index contributed by atoms with van der Waals surface area (Å²) < 4.78 is 0. The van der Waals surface area contributed by atoms with Crippen LogP contribution in [-0.2, 0) is 9.59 Å². The SMILES string of the molecule is O=C(CCN1C(=O)CC(c2ccccc2)NC1=O)Nc1ccccc1. The summed E-state index contributed by atoms with van der Waals surface area (Å²) in [5.74, 6) is -0.512. The first kappa shape index (κ1) is 16.7. The van der Waals surface area contributed by atoms with Gasteiger partial charge in [0.25, 0.3) is 0 Å². The monoisotopic (exact) mass is 337 g/mol. The van der Waals surface area contributed by atoms with E-state index in [0.29, 0.717) is 5.69 Å². The molecule has 6 heteroatoms. The van der Waals surface area contributed by atoms with Crippen LogP contribution in [-0.4, -0.2) is 29.3 Å². The molecule has 3 rings (SSSR count). The summed E-state index contributed by atoms with van der Waals surface area (Å²) in [5.41, 5.74) is 1.58. The van der Waals surface area contributed by atoms with Gasteiger partial charge >= 0.3 is 6.03 Å². The van der Waals surface area contributed by atoms with Gasteiger partial charge in [-0.25, -0.2) is 4.79 Å². The summed E-state index contributed by atoms with van der Waals surface area (Å²) in [5, 5.41) is 5.56. The van der Waals surface area contributed by atoms with Gasteiger partial charge in [0.1, 0.15) is 0 Å². The third-order valence-corrected chi connectivity index (χ3v) is 4.04. The van der Waals surface area contributed by atoms with Gasteiger partial charge in [-0.2, -0.15) is 0 Å². The standard InChI is InChI=1S/C19H19N3O3/c23-17(20-15-9-5-2-6-10-15)11-12-22-18(24)13-16(21-19(22)25)14-7-3-1-4-8-14/h1-10,16H,11-13H2,(H,20,23)(H,21,25). The largest absolute Gasteiger partial charge is 0.330 e. The van der Waals surface area contributed by atoms with Gasteiger partial charge in [0.15, 0.2) is 0 Å². The molecule has 1 aliphatic rings. The maximum absolute atomic E-state index is 12.3. The lowest BCUT2D eigenvalue weighted by atomic mass is 10.0. The number of urea groups is 1. The second kappa shape index (κ2) is 7.61. The number of carbonyl (C=O) groups is 3. The Hall–Kier alpha value is -3.15. The highest BCUT2D eigenvalue weighted by atomic mass is 16.2. The molecular weight excluding hydrogens is 318 g/mol. The van der Waals surface area contributed by atoms with Crippen molar-refractivity contribution in [2.75, 3.05) is 11.9 Å². The summed E-state index contributed by atoms with van der Waals surface area (Å²) in [6.07, 6.45) is 0.250. The second-order valence-electron chi connectivity index (χ2n) is 5.83. The summed E-state index contributed by atoms with van der Waals surface area (Å²) >= 11 is 0. The van der Waals surface area contributed by atoms with Crippen molar-refractivity contribution in [3.63, 3.8) is 0 Å². The number of nitrogens with one attached hydrogen (secondary N) is 2. The fourth-order valence-electron chi connectivity index (χ4n) is 2.75. The molecule has 2 aromatic rings. The molecule has 0 spiro atoms. The Kier molecular flexibility index (Phi) is 5.09. The predicted molar refractivity (Wildman–Crippen MR) is 93.7 cm³/mol. The number of benzene rings is 2. The van der Waals surface area contributed by atoms with E-state index < -0.39 is 6.03 Å². The lowest BCUT2D eigenvalue weighted by Crippen LogP contribution is -2.51. The Bertz CT molecular complexity index is 744. The van der Waals surface area contributed by atoms with Crippen LogP contribution in [0.1, 0.15) is 24.4 Å². The molecule has 0 radical (unpaired) electrons. The van der Waals surface area contributed by atoms with Gasteiger partial charge in [0.05, 0.1) is 12.5 Å².